The van der Waals surface area contributed by atoms with Crippen molar-refractivity contribution in [2.24, 2.45) is 0 Å². The summed E-state index contributed by atoms with van der Waals surface area (Å²) in [6.07, 6.45) is 0. The van der Waals surface area contributed by atoms with Crippen LogP contribution < -0.4 is 10.3 Å². The van der Waals surface area contributed by atoms with Crippen LogP contribution in [0.2, 0.25) is 10.0 Å². The van der Waals surface area contributed by atoms with Gasteiger partial charge in [0.2, 0.25) is 9.84 Å². The summed E-state index contributed by atoms with van der Waals surface area (Å²) in [5.74, 6) is -0.718. The van der Waals surface area contributed by atoms with Gasteiger partial charge in [-0.05, 0) is 55.0 Å². The van der Waals surface area contributed by atoms with Crippen molar-refractivity contribution in [1.82, 2.24) is 10.3 Å². The molecule has 0 unspecified atom stereocenters. The fourth-order valence-electron chi connectivity index (χ4n) is 2.52. The van der Waals surface area contributed by atoms with E-state index in [1.165, 1.54) is 48.7 Å². The maximum Gasteiger partial charge on any atom is 0.267 e. The molecular weight excluding hydrogens is 491 g/mol. The van der Waals surface area contributed by atoms with E-state index in [9.17, 15) is 21.6 Å². The maximum absolute atomic E-state index is 12.9. The second-order valence-electron chi connectivity index (χ2n) is 6.04. The highest BCUT2D eigenvalue weighted by molar-refractivity contribution is 7.93. The second-order valence-corrected chi connectivity index (χ2v) is 11.6. The molecule has 0 bridgehead atoms. The van der Waals surface area contributed by atoms with Crippen LogP contribution in [0.4, 0.5) is 0 Å². The molecule has 2 N–H and O–H groups in total. The number of hydrogen-bond acceptors (Lipinski definition) is 6. The fraction of sp³-hybridized carbons (Fsp3) is 0.0556. The van der Waals surface area contributed by atoms with Crippen molar-refractivity contribution >= 4 is 60.3 Å². The van der Waals surface area contributed by atoms with E-state index in [-0.39, 0.29) is 25.1 Å². The number of hydrogen-bond donors (Lipinski definition) is 2. The third kappa shape index (κ3) is 4.69. The molecule has 158 valence electrons. The van der Waals surface area contributed by atoms with Crippen LogP contribution in [-0.2, 0) is 19.9 Å². The molecule has 0 saturated heterocycles. The molecule has 0 saturated carbocycles. The van der Waals surface area contributed by atoms with Crippen molar-refractivity contribution < 1.29 is 21.6 Å². The van der Waals surface area contributed by atoms with Crippen molar-refractivity contribution in [3.8, 4) is 0 Å². The first-order valence-electron chi connectivity index (χ1n) is 8.19. The molecule has 2 aromatic carbocycles. The molecule has 1 aromatic heterocycles. The minimum absolute atomic E-state index is 0.0148. The summed E-state index contributed by atoms with van der Waals surface area (Å²) in [4.78, 5) is 14.0. The normalized spacial score (nSPS) is 12.0. The summed E-state index contributed by atoms with van der Waals surface area (Å²) in [5.41, 5.74) is 2.28. The number of thiophene rings is 1. The number of carbonyl (C=O) groups is 1. The molecule has 30 heavy (non-hydrogen) atoms. The van der Waals surface area contributed by atoms with Crippen LogP contribution in [0.15, 0.2) is 67.9 Å². The Balaban J connectivity index is 1.85. The monoisotopic (exact) mass is 504 g/mol. The van der Waals surface area contributed by atoms with Crippen molar-refractivity contribution in [1.29, 1.82) is 0 Å². The first kappa shape index (κ1) is 22.7. The van der Waals surface area contributed by atoms with Crippen molar-refractivity contribution in [2.45, 2.75) is 20.9 Å². The first-order valence-corrected chi connectivity index (χ1v) is 12.8. The van der Waals surface area contributed by atoms with Crippen molar-refractivity contribution in [3.05, 3.63) is 75.1 Å². The number of halogens is 2. The predicted octanol–water partition coefficient (Wildman–Crippen LogP) is 3.82. The van der Waals surface area contributed by atoms with E-state index in [2.05, 4.69) is 5.43 Å². The van der Waals surface area contributed by atoms with Crippen LogP contribution in [0, 0.1) is 6.92 Å². The lowest BCUT2D eigenvalue weighted by Crippen LogP contribution is -2.41. The number of sulfone groups is 1. The third-order valence-electron chi connectivity index (χ3n) is 3.99. The molecule has 3 rings (SSSR count). The minimum atomic E-state index is -4.21. The van der Waals surface area contributed by atoms with Gasteiger partial charge in [0.15, 0.2) is 0 Å². The van der Waals surface area contributed by atoms with Crippen molar-refractivity contribution in [3.63, 3.8) is 0 Å². The third-order valence-corrected chi connectivity index (χ3v) is 9.51. The second kappa shape index (κ2) is 8.66. The van der Waals surface area contributed by atoms with Gasteiger partial charge >= 0.3 is 0 Å². The number of benzene rings is 2. The van der Waals surface area contributed by atoms with E-state index in [1.54, 1.807) is 12.1 Å². The zero-order chi connectivity index (χ0) is 22.1. The number of amides is 1. The Morgan fingerprint density at radius 1 is 0.967 bits per heavy atom. The zero-order valence-corrected chi connectivity index (χ0v) is 19.2. The van der Waals surface area contributed by atoms with E-state index in [0.29, 0.717) is 10.0 Å². The number of carbonyl (C=O) groups excluding carboxylic acids is 1. The number of rotatable bonds is 6. The van der Waals surface area contributed by atoms with E-state index in [0.717, 1.165) is 11.3 Å². The van der Waals surface area contributed by atoms with Gasteiger partial charge in [-0.1, -0.05) is 29.3 Å². The van der Waals surface area contributed by atoms with Gasteiger partial charge in [0.1, 0.15) is 4.21 Å². The van der Waals surface area contributed by atoms with Crippen LogP contribution >= 0.6 is 34.5 Å². The Bertz CT molecular complexity index is 1320. The Labute approximate surface area is 187 Å². The number of sulfonamides is 1. The lowest BCUT2D eigenvalue weighted by molar-refractivity contribution is 0.0945. The van der Waals surface area contributed by atoms with Gasteiger partial charge in [-0.2, -0.15) is 0 Å². The van der Waals surface area contributed by atoms with Crippen LogP contribution in [0.3, 0.4) is 0 Å². The van der Waals surface area contributed by atoms with Gasteiger partial charge in [-0.15, -0.1) is 16.2 Å². The zero-order valence-electron chi connectivity index (χ0n) is 15.2. The van der Waals surface area contributed by atoms with E-state index >= 15 is 0 Å². The first-order chi connectivity index (χ1) is 14.0. The van der Waals surface area contributed by atoms with Gasteiger partial charge in [0.05, 0.1) is 9.79 Å². The molecule has 0 aliphatic heterocycles. The Morgan fingerprint density at radius 3 is 2.27 bits per heavy atom. The van der Waals surface area contributed by atoms with Crippen LogP contribution in [-0.4, -0.2) is 22.7 Å². The Kier molecular flexibility index (Phi) is 6.56. The molecule has 7 nitrogen and oxygen atoms in total. The van der Waals surface area contributed by atoms with Gasteiger partial charge < -0.3 is 0 Å². The quantitative estimate of drug-likeness (QED) is 0.495. The Morgan fingerprint density at radius 2 is 1.63 bits per heavy atom. The van der Waals surface area contributed by atoms with Crippen molar-refractivity contribution in [2.75, 3.05) is 0 Å². The smallest absolute Gasteiger partial charge is 0.267 e. The predicted molar refractivity (Wildman–Crippen MR) is 115 cm³/mol. The molecular formula is C18H14Cl2N2O5S3. The summed E-state index contributed by atoms with van der Waals surface area (Å²) >= 11 is 12.3. The highest BCUT2D eigenvalue weighted by Crippen LogP contribution is 2.33. The highest BCUT2D eigenvalue weighted by atomic mass is 35.5. The summed E-state index contributed by atoms with van der Waals surface area (Å²) in [7, 11) is -8.16. The van der Waals surface area contributed by atoms with Crippen LogP contribution in [0.25, 0.3) is 0 Å². The molecule has 0 fully saturated rings. The molecule has 0 aliphatic rings. The van der Waals surface area contributed by atoms with E-state index in [1.807, 2.05) is 4.83 Å². The summed E-state index contributed by atoms with van der Waals surface area (Å²) < 4.78 is 50.7. The van der Waals surface area contributed by atoms with Crippen LogP contribution in [0.5, 0.6) is 0 Å². The van der Waals surface area contributed by atoms with Crippen LogP contribution in [0.1, 0.15) is 15.9 Å². The van der Waals surface area contributed by atoms with Gasteiger partial charge in [-0.3, -0.25) is 10.2 Å². The summed E-state index contributed by atoms with van der Waals surface area (Å²) in [5, 5.41) is 1.93. The molecule has 3 aromatic rings. The molecule has 0 aliphatic carbocycles. The average Bonchev–Trinajstić information content (AvgIpc) is 3.09. The van der Waals surface area contributed by atoms with E-state index < -0.39 is 25.8 Å². The summed E-state index contributed by atoms with van der Waals surface area (Å²) in [6.45, 7) is 1.38. The molecule has 12 heteroatoms. The maximum atomic E-state index is 12.9. The van der Waals surface area contributed by atoms with E-state index in [4.69, 9.17) is 23.2 Å². The molecule has 0 spiro atoms. The Hall–Kier alpha value is -1.95. The standard InChI is InChI=1S/C18H14Cl2N2O5S3/c1-11-16(29(24,25)15-7-5-13(19)6-8-15)10-28-18(11)30(26,27)22-21-17(23)12-3-2-4-14(20)9-12/h2-10,22H,1H3,(H,21,23). The molecule has 1 heterocycles. The molecule has 0 radical (unpaired) electrons. The number of hydrazine groups is 1. The highest BCUT2D eigenvalue weighted by Gasteiger charge is 2.28. The van der Waals surface area contributed by atoms with Gasteiger partial charge in [-0.25, -0.2) is 16.8 Å². The minimum Gasteiger partial charge on any atom is -0.273 e. The van der Waals surface area contributed by atoms with Gasteiger partial charge in [0, 0.05) is 21.0 Å². The lowest BCUT2D eigenvalue weighted by atomic mass is 10.2. The SMILES string of the molecule is Cc1c(S(=O)(=O)c2ccc(Cl)cc2)csc1S(=O)(=O)NNC(=O)c1cccc(Cl)c1. The van der Waals surface area contributed by atoms with Gasteiger partial charge in [0.25, 0.3) is 15.9 Å². The lowest BCUT2D eigenvalue weighted by Gasteiger charge is -2.09. The summed E-state index contributed by atoms with van der Waals surface area (Å²) in [6, 6.07) is 11.5. The molecule has 0 atom stereocenters. The average molecular weight is 505 g/mol. The fourth-order valence-corrected chi connectivity index (χ4v) is 7.15. The number of nitrogens with one attached hydrogen (secondary N) is 2. The molecule has 1 amide bonds. The largest absolute Gasteiger partial charge is 0.273 e. The topological polar surface area (TPSA) is 109 Å².